The Labute approximate surface area is 170 Å². The number of phenolic OH excluding ortho intramolecular Hbond substituents is 1. The van der Waals surface area contributed by atoms with Gasteiger partial charge in [-0.2, -0.15) is 0 Å². The van der Waals surface area contributed by atoms with E-state index in [9.17, 15) is 14.3 Å². The van der Waals surface area contributed by atoms with Gasteiger partial charge in [0, 0.05) is 18.8 Å². The molecule has 1 amide bonds. The molecule has 2 fully saturated rings. The van der Waals surface area contributed by atoms with Crippen LogP contribution in [0.4, 0.5) is 10.1 Å². The van der Waals surface area contributed by atoms with Gasteiger partial charge < -0.3 is 14.7 Å². The largest absolute Gasteiger partial charge is 0.507 e. The van der Waals surface area contributed by atoms with Crippen LogP contribution in [0.25, 0.3) is 0 Å². The lowest BCUT2D eigenvalue weighted by Crippen LogP contribution is -2.61. The Bertz CT molecular complexity index is 892. The summed E-state index contributed by atoms with van der Waals surface area (Å²) in [4.78, 5) is 16.5. The van der Waals surface area contributed by atoms with Crippen LogP contribution >= 0.6 is 0 Å². The van der Waals surface area contributed by atoms with Crippen molar-refractivity contribution in [2.24, 2.45) is 0 Å². The van der Waals surface area contributed by atoms with Crippen molar-refractivity contribution in [3.05, 3.63) is 58.9 Å². The van der Waals surface area contributed by atoms with E-state index < -0.39 is 5.60 Å². The smallest absolute Gasteiger partial charge is 0.253 e. The minimum atomic E-state index is -0.415. The summed E-state index contributed by atoms with van der Waals surface area (Å²) in [6, 6.07) is 10.1. The van der Waals surface area contributed by atoms with Gasteiger partial charge in [-0.25, -0.2) is 4.39 Å². The highest BCUT2D eigenvalue weighted by molar-refractivity contribution is 5.95. The van der Waals surface area contributed by atoms with Gasteiger partial charge in [0.25, 0.3) is 5.91 Å². The Balaban J connectivity index is 1.50. The van der Waals surface area contributed by atoms with Crippen molar-refractivity contribution < 1.29 is 19.0 Å². The number of carbonyl (C=O) groups is 1. The molecule has 2 heterocycles. The summed E-state index contributed by atoms with van der Waals surface area (Å²) < 4.78 is 19.4. The lowest BCUT2D eigenvalue weighted by molar-refractivity contribution is -0.146. The summed E-state index contributed by atoms with van der Waals surface area (Å²) in [7, 11) is 0. The van der Waals surface area contributed by atoms with Gasteiger partial charge >= 0.3 is 0 Å². The number of nitrogens with zero attached hydrogens (tertiary/aromatic N) is 2. The van der Waals surface area contributed by atoms with E-state index in [1.807, 2.05) is 26.0 Å². The molecule has 1 unspecified atom stereocenters. The quantitative estimate of drug-likeness (QED) is 0.859. The highest BCUT2D eigenvalue weighted by Gasteiger charge is 2.43. The normalized spacial score (nSPS) is 23.0. The predicted octanol–water partition coefficient (Wildman–Crippen LogP) is 3.55. The van der Waals surface area contributed by atoms with Crippen LogP contribution in [-0.4, -0.2) is 47.8 Å². The number of ether oxygens (including phenoxy) is 1. The van der Waals surface area contributed by atoms with E-state index in [1.54, 1.807) is 17.0 Å². The third kappa shape index (κ3) is 4.14. The first-order valence-corrected chi connectivity index (χ1v) is 10.1. The fraction of sp³-hybridized carbons (Fsp3) is 0.435. The van der Waals surface area contributed by atoms with Crippen molar-refractivity contribution in [2.45, 2.75) is 38.8 Å². The number of likely N-dealkylation sites (tertiary alicyclic amines) is 1. The van der Waals surface area contributed by atoms with Crippen LogP contribution in [0.5, 0.6) is 5.75 Å². The minimum absolute atomic E-state index is 0.0443. The van der Waals surface area contributed by atoms with Gasteiger partial charge in [-0.15, -0.1) is 0 Å². The number of hydrogen-bond acceptors (Lipinski definition) is 4. The first-order valence-electron chi connectivity index (χ1n) is 10.1. The summed E-state index contributed by atoms with van der Waals surface area (Å²) in [6.45, 7) is 6.83. The second-order valence-electron chi connectivity index (χ2n) is 8.32. The van der Waals surface area contributed by atoms with E-state index in [2.05, 4.69) is 4.90 Å². The molecule has 0 bridgehead atoms. The molecule has 1 spiro atoms. The molecule has 29 heavy (non-hydrogen) atoms. The van der Waals surface area contributed by atoms with Gasteiger partial charge in [-0.05, 0) is 74.2 Å². The van der Waals surface area contributed by atoms with Gasteiger partial charge in [-0.1, -0.05) is 12.1 Å². The molecule has 0 radical (unpaired) electrons. The average Bonchev–Trinajstić information content (AvgIpc) is 2.69. The first kappa shape index (κ1) is 19.9. The van der Waals surface area contributed by atoms with Crippen molar-refractivity contribution in [3.8, 4) is 5.75 Å². The number of benzene rings is 2. The third-order valence-corrected chi connectivity index (χ3v) is 5.96. The number of carbonyl (C=O) groups excluding carboxylic acids is 1. The highest BCUT2D eigenvalue weighted by atomic mass is 19.1. The van der Waals surface area contributed by atoms with Crippen LogP contribution in [-0.2, 0) is 16.1 Å². The standard InChI is InChI=1S/C23H27FN2O3/c1-16-10-18(11-17(2)22(16)28)12-25-9-3-8-23(14-25)15-26(21(27)13-29-23)20-6-4-19(24)5-7-20/h4-7,10-11,28H,3,8-9,12-15H2,1-2H3. The molecule has 0 aliphatic carbocycles. The summed E-state index contributed by atoms with van der Waals surface area (Å²) in [5.41, 5.74) is 3.22. The fourth-order valence-corrected chi connectivity index (χ4v) is 4.54. The van der Waals surface area contributed by atoms with E-state index >= 15 is 0 Å². The van der Waals surface area contributed by atoms with Crippen LogP contribution in [0.2, 0.25) is 0 Å². The summed E-state index contributed by atoms with van der Waals surface area (Å²) in [6.07, 6.45) is 1.88. The molecule has 2 aliphatic rings. The minimum Gasteiger partial charge on any atom is -0.507 e. The van der Waals surface area contributed by atoms with Crippen molar-refractivity contribution in [3.63, 3.8) is 0 Å². The Morgan fingerprint density at radius 1 is 1.14 bits per heavy atom. The molecule has 1 atom stereocenters. The SMILES string of the molecule is Cc1cc(CN2CCCC3(C2)CN(c2ccc(F)cc2)C(=O)CO3)cc(C)c1O. The lowest BCUT2D eigenvalue weighted by Gasteiger charge is -2.47. The number of anilines is 1. The van der Waals surface area contributed by atoms with Gasteiger partial charge in [0.15, 0.2) is 0 Å². The number of morpholine rings is 1. The average molecular weight is 398 g/mol. The monoisotopic (exact) mass is 398 g/mol. The molecule has 0 aromatic heterocycles. The number of rotatable bonds is 3. The molecule has 0 saturated carbocycles. The number of phenols is 1. The number of aryl methyl sites for hydroxylation is 2. The van der Waals surface area contributed by atoms with E-state index in [-0.39, 0.29) is 18.3 Å². The molecule has 2 aliphatic heterocycles. The zero-order valence-corrected chi connectivity index (χ0v) is 16.9. The Morgan fingerprint density at radius 3 is 2.52 bits per heavy atom. The van der Waals surface area contributed by atoms with Crippen LogP contribution < -0.4 is 4.90 Å². The van der Waals surface area contributed by atoms with Gasteiger partial charge in [0.2, 0.25) is 0 Å². The number of piperidine rings is 1. The highest BCUT2D eigenvalue weighted by Crippen LogP contribution is 2.33. The van der Waals surface area contributed by atoms with E-state index in [0.717, 1.165) is 49.2 Å². The van der Waals surface area contributed by atoms with Crippen LogP contribution in [0.1, 0.15) is 29.5 Å². The second-order valence-corrected chi connectivity index (χ2v) is 8.32. The Hall–Kier alpha value is -2.44. The molecular weight excluding hydrogens is 371 g/mol. The third-order valence-electron chi connectivity index (χ3n) is 5.96. The van der Waals surface area contributed by atoms with E-state index in [0.29, 0.717) is 18.0 Å². The zero-order chi connectivity index (χ0) is 20.6. The summed E-state index contributed by atoms with van der Waals surface area (Å²) in [5.74, 6) is -0.0513. The van der Waals surface area contributed by atoms with Crippen molar-refractivity contribution in [2.75, 3.05) is 31.1 Å². The van der Waals surface area contributed by atoms with Crippen molar-refractivity contribution >= 4 is 11.6 Å². The molecule has 4 rings (SSSR count). The van der Waals surface area contributed by atoms with Gasteiger partial charge in [0.05, 0.1) is 12.1 Å². The van der Waals surface area contributed by atoms with Gasteiger partial charge in [0.1, 0.15) is 18.2 Å². The maximum atomic E-state index is 13.3. The molecule has 154 valence electrons. The van der Waals surface area contributed by atoms with Crippen molar-refractivity contribution in [1.29, 1.82) is 0 Å². The lowest BCUT2D eigenvalue weighted by atomic mass is 9.90. The number of aromatic hydroxyl groups is 1. The molecule has 5 nitrogen and oxygen atoms in total. The maximum absolute atomic E-state index is 13.3. The number of hydrogen-bond donors (Lipinski definition) is 1. The zero-order valence-electron chi connectivity index (χ0n) is 16.9. The second kappa shape index (κ2) is 7.76. The van der Waals surface area contributed by atoms with Gasteiger partial charge in [-0.3, -0.25) is 9.69 Å². The van der Waals surface area contributed by atoms with E-state index in [4.69, 9.17) is 4.74 Å². The van der Waals surface area contributed by atoms with Crippen LogP contribution in [0.15, 0.2) is 36.4 Å². The van der Waals surface area contributed by atoms with Crippen LogP contribution in [0.3, 0.4) is 0 Å². The molecule has 2 saturated heterocycles. The molecule has 2 aromatic carbocycles. The number of amides is 1. The van der Waals surface area contributed by atoms with Crippen LogP contribution in [0, 0.1) is 19.7 Å². The van der Waals surface area contributed by atoms with Crippen molar-refractivity contribution in [1.82, 2.24) is 4.90 Å². The Kier molecular flexibility index (Phi) is 5.32. The van der Waals surface area contributed by atoms with E-state index in [1.165, 1.54) is 12.1 Å². The molecule has 2 aromatic rings. The summed E-state index contributed by atoms with van der Waals surface area (Å²) >= 11 is 0. The molecular formula is C23H27FN2O3. The first-order chi connectivity index (χ1) is 13.8. The maximum Gasteiger partial charge on any atom is 0.253 e. The predicted molar refractivity (Wildman–Crippen MR) is 110 cm³/mol. The Morgan fingerprint density at radius 2 is 1.83 bits per heavy atom. The topological polar surface area (TPSA) is 53.0 Å². The number of halogens is 1. The molecule has 1 N–H and O–H groups in total. The fourth-order valence-electron chi connectivity index (χ4n) is 4.54. The molecule has 6 heteroatoms. The summed E-state index contributed by atoms with van der Waals surface area (Å²) in [5, 5.41) is 10.0.